The summed E-state index contributed by atoms with van der Waals surface area (Å²) in [4.78, 5) is 25.5. The van der Waals surface area contributed by atoms with Crippen LogP contribution in [-0.2, 0) is 26.3 Å². The fraction of sp³-hybridized carbons (Fsp3) is 0.391. The Balaban J connectivity index is 2.20. The summed E-state index contributed by atoms with van der Waals surface area (Å²) >= 11 is 0. The number of nitrogens with one attached hydrogen (secondary N) is 1. The van der Waals surface area contributed by atoms with Crippen molar-refractivity contribution in [2.24, 2.45) is 5.92 Å². The molecule has 8 heteroatoms. The van der Waals surface area contributed by atoms with Crippen molar-refractivity contribution < 1.29 is 22.2 Å². The maximum Gasteiger partial charge on any atom is 0.339 e. The van der Waals surface area contributed by atoms with Gasteiger partial charge in [0, 0.05) is 31.1 Å². The lowest BCUT2D eigenvalue weighted by atomic mass is 10.1. The molecule has 0 aromatic heterocycles. The second kappa shape index (κ2) is 10.4. The fourth-order valence-corrected chi connectivity index (χ4v) is 3.90. The highest BCUT2D eigenvalue weighted by molar-refractivity contribution is 7.87. The average Bonchev–Trinajstić information content (AvgIpc) is 2.70. The molecule has 0 heterocycles. The molecule has 31 heavy (non-hydrogen) atoms. The summed E-state index contributed by atoms with van der Waals surface area (Å²) in [6, 6.07) is 12.5. The first kappa shape index (κ1) is 24.4. The van der Waals surface area contributed by atoms with Gasteiger partial charge in [0.05, 0.1) is 0 Å². The van der Waals surface area contributed by atoms with Crippen LogP contribution in [0.1, 0.15) is 46.6 Å². The first-order valence-corrected chi connectivity index (χ1v) is 11.7. The number of benzene rings is 2. The van der Waals surface area contributed by atoms with E-state index < -0.39 is 10.1 Å². The van der Waals surface area contributed by atoms with Gasteiger partial charge >= 0.3 is 10.1 Å². The molecule has 0 bridgehead atoms. The Bertz CT molecular complexity index is 1020. The molecule has 0 saturated heterocycles. The van der Waals surface area contributed by atoms with E-state index in [4.69, 9.17) is 4.18 Å². The number of hydrogen-bond donors (Lipinski definition) is 1. The van der Waals surface area contributed by atoms with E-state index in [2.05, 4.69) is 5.32 Å². The molecule has 1 atom stereocenters. The van der Waals surface area contributed by atoms with E-state index in [0.29, 0.717) is 12.2 Å². The van der Waals surface area contributed by atoms with Crippen LogP contribution in [0.5, 0.6) is 5.75 Å². The summed E-state index contributed by atoms with van der Waals surface area (Å²) in [6.07, 6.45) is 0.817. The minimum atomic E-state index is -4.05. The molecule has 2 aromatic carbocycles. The number of nitrogens with zero attached hydrogens (tertiary/aromatic N) is 1. The Morgan fingerprint density at radius 1 is 1.06 bits per heavy atom. The zero-order valence-electron chi connectivity index (χ0n) is 18.6. The highest BCUT2D eigenvalue weighted by Gasteiger charge is 2.22. The Hall–Kier alpha value is -2.87. The van der Waals surface area contributed by atoms with Crippen LogP contribution >= 0.6 is 0 Å². The highest BCUT2D eigenvalue weighted by atomic mass is 32.2. The smallest absolute Gasteiger partial charge is 0.339 e. The van der Waals surface area contributed by atoms with Gasteiger partial charge in [-0.3, -0.25) is 9.59 Å². The predicted octanol–water partition coefficient (Wildman–Crippen LogP) is 4.20. The van der Waals surface area contributed by atoms with Crippen LogP contribution in [0.15, 0.2) is 53.4 Å². The number of hydrogen-bond acceptors (Lipinski definition) is 5. The van der Waals surface area contributed by atoms with Crippen LogP contribution in [0.25, 0.3) is 0 Å². The molecule has 0 aliphatic carbocycles. The van der Waals surface area contributed by atoms with Crippen molar-refractivity contribution in [1.29, 1.82) is 0 Å². The first-order chi connectivity index (χ1) is 14.5. The van der Waals surface area contributed by atoms with Crippen molar-refractivity contribution >= 4 is 27.6 Å². The fourth-order valence-electron chi connectivity index (χ4n) is 2.98. The molecule has 2 rings (SSSR count). The SMILES string of the molecule is CC[C@H](C)N(Cc1cccc(OS(=O)(=O)c2ccc(NC(C)=O)cc2)c1)C(=O)C(C)C. The summed E-state index contributed by atoms with van der Waals surface area (Å²) < 4.78 is 30.6. The average molecular weight is 447 g/mol. The molecular formula is C23H30N2O5S. The van der Waals surface area contributed by atoms with Crippen molar-refractivity contribution in [2.45, 2.75) is 58.5 Å². The predicted molar refractivity (Wildman–Crippen MR) is 120 cm³/mol. The lowest BCUT2D eigenvalue weighted by Gasteiger charge is -2.30. The molecule has 0 spiro atoms. The summed E-state index contributed by atoms with van der Waals surface area (Å²) in [6.45, 7) is 9.49. The van der Waals surface area contributed by atoms with E-state index >= 15 is 0 Å². The topological polar surface area (TPSA) is 92.8 Å². The molecule has 0 aliphatic heterocycles. The molecule has 0 radical (unpaired) electrons. The van der Waals surface area contributed by atoms with Crippen LogP contribution in [0.4, 0.5) is 5.69 Å². The van der Waals surface area contributed by atoms with E-state index in [1.54, 1.807) is 23.1 Å². The summed E-state index contributed by atoms with van der Waals surface area (Å²) in [7, 11) is -4.05. The van der Waals surface area contributed by atoms with Gasteiger partial charge < -0.3 is 14.4 Å². The maximum atomic E-state index is 12.6. The molecule has 0 saturated carbocycles. The van der Waals surface area contributed by atoms with Gasteiger partial charge in [-0.25, -0.2) is 0 Å². The van der Waals surface area contributed by atoms with Gasteiger partial charge in [-0.15, -0.1) is 0 Å². The van der Waals surface area contributed by atoms with Crippen LogP contribution in [0.3, 0.4) is 0 Å². The summed E-state index contributed by atoms with van der Waals surface area (Å²) in [5.74, 6) is -0.155. The van der Waals surface area contributed by atoms with Crippen LogP contribution in [0, 0.1) is 5.92 Å². The van der Waals surface area contributed by atoms with Crippen LogP contribution < -0.4 is 9.50 Å². The zero-order chi connectivity index (χ0) is 23.2. The van der Waals surface area contributed by atoms with Gasteiger partial charge in [0.2, 0.25) is 11.8 Å². The zero-order valence-corrected chi connectivity index (χ0v) is 19.4. The van der Waals surface area contributed by atoms with Crippen molar-refractivity contribution in [1.82, 2.24) is 4.90 Å². The molecular weight excluding hydrogens is 416 g/mol. The quantitative estimate of drug-likeness (QED) is 0.583. The van der Waals surface area contributed by atoms with Gasteiger partial charge in [0.25, 0.3) is 0 Å². The Kier molecular flexibility index (Phi) is 8.21. The van der Waals surface area contributed by atoms with Gasteiger partial charge in [-0.2, -0.15) is 8.42 Å². The van der Waals surface area contributed by atoms with Crippen molar-refractivity contribution in [3.8, 4) is 5.75 Å². The van der Waals surface area contributed by atoms with E-state index in [-0.39, 0.29) is 34.4 Å². The lowest BCUT2D eigenvalue weighted by Crippen LogP contribution is -2.40. The number of amides is 2. The van der Waals surface area contributed by atoms with Gasteiger partial charge in [-0.1, -0.05) is 32.9 Å². The summed E-state index contributed by atoms with van der Waals surface area (Å²) in [5, 5.41) is 2.58. The van der Waals surface area contributed by atoms with Crippen LogP contribution in [0.2, 0.25) is 0 Å². The third kappa shape index (κ3) is 6.82. The molecule has 0 aliphatic rings. The standard InChI is InChI=1S/C23H30N2O5S/c1-6-17(4)25(23(27)16(2)3)15-19-8-7-9-21(14-19)30-31(28,29)22-12-10-20(11-13-22)24-18(5)26/h7-14,16-17H,6,15H2,1-5H3,(H,24,26)/t17-/m0/s1. The molecule has 2 amide bonds. The van der Waals surface area contributed by atoms with E-state index in [1.165, 1.54) is 31.2 Å². The normalized spacial score (nSPS) is 12.3. The van der Waals surface area contributed by atoms with Crippen molar-refractivity contribution in [3.05, 3.63) is 54.1 Å². The van der Waals surface area contributed by atoms with Crippen molar-refractivity contribution in [2.75, 3.05) is 5.32 Å². The Labute approximate surface area is 184 Å². The van der Waals surface area contributed by atoms with E-state index in [1.807, 2.05) is 33.8 Å². The minimum absolute atomic E-state index is 0.0248. The molecule has 168 valence electrons. The highest BCUT2D eigenvalue weighted by Crippen LogP contribution is 2.23. The molecule has 0 unspecified atom stereocenters. The van der Waals surface area contributed by atoms with Crippen LogP contribution in [-0.4, -0.2) is 31.2 Å². The summed E-state index contributed by atoms with van der Waals surface area (Å²) in [5.41, 5.74) is 1.27. The largest absolute Gasteiger partial charge is 0.379 e. The van der Waals surface area contributed by atoms with Gasteiger partial charge in [0.1, 0.15) is 10.6 Å². The maximum absolute atomic E-state index is 12.6. The van der Waals surface area contributed by atoms with Gasteiger partial charge in [-0.05, 0) is 55.3 Å². The Morgan fingerprint density at radius 2 is 1.71 bits per heavy atom. The number of rotatable bonds is 9. The first-order valence-electron chi connectivity index (χ1n) is 10.2. The third-order valence-corrected chi connectivity index (χ3v) is 6.08. The van der Waals surface area contributed by atoms with Gasteiger partial charge in [0.15, 0.2) is 0 Å². The number of anilines is 1. The van der Waals surface area contributed by atoms with E-state index in [0.717, 1.165) is 12.0 Å². The second-order valence-electron chi connectivity index (χ2n) is 7.77. The van der Waals surface area contributed by atoms with Crippen molar-refractivity contribution in [3.63, 3.8) is 0 Å². The molecule has 7 nitrogen and oxygen atoms in total. The molecule has 1 N–H and O–H groups in total. The minimum Gasteiger partial charge on any atom is -0.379 e. The lowest BCUT2D eigenvalue weighted by molar-refractivity contribution is -0.137. The van der Waals surface area contributed by atoms with E-state index in [9.17, 15) is 18.0 Å². The second-order valence-corrected chi connectivity index (χ2v) is 9.31. The number of carbonyl (C=O) groups excluding carboxylic acids is 2. The Morgan fingerprint density at radius 3 is 2.26 bits per heavy atom. The monoisotopic (exact) mass is 446 g/mol. The molecule has 2 aromatic rings. The number of carbonyl (C=O) groups is 2. The third-order valence-electron chi connectivity index (χ3n) is 4.82. The molecule has 0 fully saturated rings.